The van der Waals surface area contributed by atoms with Crippen LogP contribution in [0.25, 0.3) is 0 Å². The Balaban J connectivity index is 3.17. The number of aryl methyl sites for hydroxylation is 1. The molecule has 0 heterocycles. The van der Waals surface area contributed by atoms with E-state index >= 15 is 0 Å². The molecule has 15 heavy (non-hydrogen) atoms. The summed E-state index contributed by atoms with van der Waals surface area (Å²) in [6, 6.07) is 6.67. The third kappa shape index (κ3) is 2.91. The Hall–Kier alpha value is -0.630. The van der Waals surface area contributed by atoms with E-state index in [1.807, 2.05) is 0 Å². The first-order valence-corrected chi connectivity index (χ1v) is 5.92. The number of rotatable bonds is 2. The zero-order valence-corrected chi connectivity index (χ0v) is 11.2. The van der Waals surface area contributed by atoms with E-state index in [-0.39, 0.29) is 5.41 Å². The third-order valence-electron chi connectivity index (χ3n) is 2.70. The van der Waals surface area contributed by atoms with E-state index in [0.717, 1.165) is 5.88 Å². The number of benzene rings is 1. The Labute approximate surface area is 98.9 Å². The smallest absolute Gasteiger partial charge is 0.0607 e. The molecule has 0 saturated carbocycles. The fourth-order valence-corrected chi connectivity index (χ4v) is 1.72. The lowest BCUT2D eigenvalue weighted by molar-refractivity contribution is 0.590. The molecule has 0 radical (unpaired) electrons. The van der Waals surface area contributed by atoms with Gasteiger partial charge in [-0.3, -0.25) is 0 Å². The van der Waals surface area contributed by atoms with Gasteiger partial charge < -0.3 is 4.90 Å². The van der Waals surface area contributed by atoms with Crippen LogP contribution in [0.4, 0.5) is 5.69 Å². The third-order valence-corrected chi connectivity index (χ3v) is 3.12. The fourth-order valence-electron chi connectivity index (χ4n) is 1.56. The summed E-state index contributed by atoms with van der Waals surface area (Å²) >= 11 is 4.31. The van der Waals surface area contributed by atoms with Crippen LogP contribution in [0.5, 0.6) is 0 Å². The molecule has 0 atom stereocenters. The second kappa shape index (κ2) is 4.48. The number of thiol groups is 1. The largest absolute Gasteiger partial charge is 0.365 e. The topological polar surface area (TPSA) is 3.24 Å². The molecule has 0 saturated heterocycles. The molecular weight excluding hydrogens is 202 g/mol. The molecule has 1 nitrogen and oxygen atoms in total. The van der Waals surface area contributed by atoms with Crippen molar-refractivity contribution in [2.24, 2.45) is 0 Å². The van der Waals surface area contributed by atoms with Crippen LogP contribution < -0.4 is 4.90 Å². The van der Waals surface area contributed by atoms with Crippen molar-refractivity contribution in [2.75, 3.05) is 17.8 Å². The van der Waals surface area contributed by atoms with Crippen molar-refractivity contribution in [3.05, 3.63) is 29.3 Å². The van der Waals surface area contributed by atoms with Gasteiger partial charge in [0, 0.05) is 12.7 Å². The summed E-state index contributed by atoms with van der Waals surface area (Å²) in [4.78, 5) is 2.16. The summed E-state index contributed by atoms with van der Waals surface area (Å²) in [5.41, 5.74) is 4.16. The highest BCUT2D eigenvalue weighted by Gasteiger charge is 2.15. The van der Waals surface area contributed by atoms with Gasteiger partial charge in [-0.1, -0.05) is 32.9 Å². The quantitative estimate of drug-likeness (QED) is 0.592. The molecule has 2 heteroatoms. The SMILES string of the molecule is Cc1ccc(C(C)(C)C)cc1N(C)CS. The molecule has 0 bridgehead atoms. The maximum absolute atomic E-state index is 4.31. The molecule has 1 rings (SSSR count). The van der Waals surface area contributed by atoms with Gasteiger partial charge in [-0.05, 0) is 29.5 Å². The lowest BCUT2D eigenvalue weighted by Gasteiger charge is -2.24. The van der Waals surface area contributed by atoms with E-state index < -0.39 is 0 Å². The fraction of sp³-hybridized carbons (Fsp3) is 0.538. The first kappa shape index (κ1) is 12.4. The Morgan fingerprint density at radius 3 is 2.33 bits per heavy atom. The van der Waals surface area contributed by atoms with Gasteiger partial charge in [0.05, 0.1) is 5.88 Å². The zero-order chi connectivity index (χ0) is 11.6. The summed E-state index contributed by atoms with van der Waals surface area (Å²) in [6.07, 6.45) is 0. The molecular formula is C13H21NS. The average molecular weight is 223 g/mol. The number of hydrogen-bond donors (Lipinski definition) is 1. The van der Waals surface area contributed by atoms with Crippen molar-refractivity contribution >= 4 is 18.3 Å². The maximum Gasteiger partial charge on any atom is 0.0607 e. The number of nitrogens with zero attached hydrogens (tertiary/aromatic N) is 1. The number of anilines is 1. The molecule has 84 valence electrons. The van der Waals surface area contributed by atoms with Crippen LogP contribution in [0.2, 0.25) is 0 Å². The number of hydrogen-bond acceptors (Lipinski definition) is 2. The van der Waals surface area contributed by atoms with Crippen LogP contribution in [0, 0.1) is 6.92 Å². The summed E-state index contributed by atoms with van der Waals surface area (Å²) in [5, 5.41) is 0. The van der Waals surface area contributed by atoms with Gasteiger partial charge in [0.15, 0.2) is 0 Å². The van der Waals surface area contributed by atoms with Crippen molar-refractivity contribution in [3.63, 3.8) is 0 Å². The molecule has 1 aromatic rings. The van der Waals surface area contributed by atoms with E-state index in [1.54, 1.807) is 0 Å². The summed E-state index contributed by atoms with van der Waals surface area (Å²) < 4.78 is 0. The summed E-state index contributed by atoms with van der Waals surface area (Å²) in [6.45, 7) is 8.86. The molecule has 0 aromatic heterocycles. The Morgan fingerprint density at radius 1 is 1.27 bits per heavy atom. The second-order valence-corrected chi connectivity index (χ2v) is 5.37. The van der Waals surface area contributed by atoms with Crippen LogP contribution in [0.1, 0.15) is 31.9 Å². The van der Waals surface area contributed by atoms with Crippen LogP contribution in [0.15, 0.2) is 18.2 Å². The predicted octanol–water partition coefficient (Wildman–Crippen LogP) is 3.62. The van der Waals surface area contributed by atoms with E-state index in [9.17, 15) is 0 Å². The summed E-state index contributed by atoms with van der Waals surface area (Å²) in [5.74, 6) is 0.744. The minimum absolute atomic E-state index is 0.208. The predicted molar refractivity (Wildman–Crippen MR) is 72.1 cm³/mol. The van der Waals surface area contributed by atoms with Gasteiger partial charge >= 0.3 is 0 Å². The lowest BCUT2D eigenvalue weighted by Crippen LogP contribution is -2.18. The van der Waals surface area contributed by atoms with Gasteiger partial charge in [0.25, 0.3) is 0 Å². The minimum atomic E-state index is 0.208. The van der Waals surface area contributed by atoms with Crippen molar-refractivity contribution in [3.8, 4) is 0 Å². The lowest BCUT2D eigenvalue weighted by atomic mass is 9.86. The van der Waals surface area contributed by atoms with E-state index in [1.165, 1.54) is 16.8 Å². The molecule has 0 amide bonds. The first-order valence-electron chi connectivity index (χ1n) is 5.29. The zero-order valence-electron chi connectivity index (χ0n) is 10.3. The Bertz CT molecular complexity index is 339. The Morgan fingerprint density at radius 2 is 1.87 bits per heavy atom. The van der Waals surface area contributed by atoms with E-state index in [2.05, 4.69) is 70.5 Å². The molecule has 0 aliphatic carbocycles. The van der Waals surface area contributed by atoms with Gasteiger partial charge in [0.2, 0.25) is 0 Å². The van der Waals surface area contributed by atoms with E-state index in [0.29, 0.717) is 0 Å². The van der Waals surface area contributed by atoms with Crippen LogP contribution in [0.3, 0.4) is 0 Å². The van der Waals surface area contributed by atoms with Gasteiger partial charge in [-0.15, -0.1) is 0 Å². The highest BCUT2D eigenvalue weighted by molar-refractivity contribution is 7.80. The monoisotopic (exact) mass is 223 g/mol. The highest BCUT2D eigenvalue weighted by Crippen LogP contribution is 2.28. The van der Waals surface area contributed by atoms with Crippen molar-refractivity contribution in [2.45, 2.75) is 33.1 Å². The van der Waals surface area contributed by atoms with Crippen molar-refractivity contribution in [1.29, 1.82) is 0 Å². The molecule has 0 unspecified atom stereocenters. The van der Waals surface area contributed by atoms with Crippen molar-refractivity contribution < 1.29 is 0 Å². The van der Waals surface area contributed by atoms with Crippen molar-refractivity contribution in [1.82, 2.24) is 0 Å². The molecule has 0 aliphatic heterocycles. The van der Waals surface area contributed by atoms with Gasteiger partial charge in [0.1, 0.15) is 0 Å². The first-order chi connectivity index (χ1) is 6.86. The highest BCUT2D eigenvalue weighted by atomic mass is 32.1. The standard InChI is InChI=1S/C13H21NS/c1-10-6-7-11(13(2,3)4)8-12(10)14(5)9-15/h6-8,15H,9H2,1-5H3. The molecule has 0 spiro atoms. The van der Waals surface area contributed by atoms with E-state index in [4.69, 9.17) is 0 Å². The average Bonchev–Trinajstić information content (AvgIpc) is 2.15. The van der Waals surface area contributed by atoms with Gasteiger partial charge in [-0.2, -0.15) is 12.6 Å². The maximum atomic E-state index is 4.31. The van der Waals surface area contributed by atoms with Crippen LogP contribution in [-0.2, 0) is 5.41 Å². The Kier molecular flexibility index (Phi) is 3.72. The normalized spacial score (nSPS) is 11.6. The minimum Gasteiger partial charge on any atom is -0.365 e. The molecule has 0 aliphatic rings. The molecule has 1 aromatic carbocycles. The van der Waals surface area contributed by atoms with Crippen LogP contribution >= 0.6 is 12.6 Å². The summed E-state index contributed by atoms with van der Waals surface area (Å²) in [7, 11) is 2.07. The van der Waals surface area contributed by atoms with Crippen LogP contribution in [-0.4, -0.2) is 12.9 Å². The molecule has 0 N–H and O–H groups in total. The second-order valence-electron chi connectivity index (χ2n) is 5.09. The molecule has 0 fully saturated rings. The van der Waals surface area contributed by atoms with Gasteiger partial charge in [-0.25, -0.2) is 0 Å².